The van der Waals surface area contributed by atoms with Crippen molar-refractivity contribution in [1.82, 2.24) is 19.9 Å². The van der Waals surface area contributed by atoms with Gasteiger partial charge in [0, 0.05) is 90.5 Å². The zero-order chi connectivity index (χ0) is 32.6. The molecular weight excluding hydrogens is 572 g/mol. The van der Waals surface area contributed by atoms with Crippen LogP contribution >= 0.6 is 0 Å². The van der Waals surface area contributed by atoms with Crippen LogP contribution in [0.1, 0.15) is 116 Å². The molecular formula is C35H44N4O6. The van der Waals surface area contributed by atoms with Gasteiger partial charge < -0.3 is 35.3 Å². The molecule has 4 aromatic rings. The molecule has 0 aliphatic carbocycles. The third kappa shape index (κ3) is 6.50. The zero-order valence-corrected chi connectivity index (χ0v) is 26.8. The van der Waals surface area contributed by atoms with E-state index in [0.29, 0.717) is 44.9 Å². The molecule has 7 N–H and O–H groups in total. The summed E-state index contributed by atoms with van der Waals surface area (Å²) in [6.07, 6.45) is 4.48. The van der Waals surface area contributed by atoms with Gasteiger partial charge >= 0.3 is 17.9 Å². The van der Waals surface area contributed by atoms with Crippen LogP contribution in [0.2, 0.25) is 0 Å². The summed E-state index contributed by atoms with van der Waals surface area (Å²) in [6, 6.07) is 0. The highest BCUT2D eigenvalue weighted by Gasteiger charge is 2.25. The first-order valence-corrected chi connectivity index (χ1v) is 15.8. The second-order valence-electron chi connectivity index (χ2n) is 12.5. The fourth-order valence-corrected chi connectivity index (χ4v) is 7.25. The summed E-state index contributed by atoms with van der Waals surface area (Å²) in [7, 11) is 0. The number of carboxylic acid groups (broad SMARTS) is 3. The molecule has 0 saturated heterocycles. The Bertz CT molecular complexity index is 1780. The smallest absolute Gasteiger partial charge is 0.303 e. The second-order valence-corrected chi connectivity index (χ2v) is 12.5. The largest absolute Gasteiger partial charge is 0.481 e. The molecule has 4 aromatic heterocycles. The maximum atomic E-state index is 11.6. The van der Waals surface area contributed by atoms with E-state index in [1.54, 1.807) is 0 Å². The van der Waals surface area contributed by atoms with Crippen molar-refractivity contribution < 1.29 is 29.7 Å². The number of aliphatic carboxylic acids is 3. The summed E-state index contributed by atoms with van der Waals surface area (Å²) >= 11 is 0. The number of hydrogen-bond acceptors (Lipinski definition) is 3. The maximum absolute atomic E-state index is 11.6. The predicted molar refractivity (Wildman–Crippen MR) is 171 cm³/mol. The summed E-state index contributed by atoms with van der Waals surface area (Å²) in [5.74, 6) is -2.53. The quantitative estimate of drug-likeness (QED) is 0.109. The van der Waals surface area contributed by atoms with E-state index < -0.39 is 17.9 Å². The number of carboxylic acids is 3. The van der Waals surface area contributed by atoms with Crippen LogP contribution in [0.3, 0.4) is 0 Å². The first-order chi connectivity index (χ1) is 21.4. The van der Waals surface area contributed by atoms with E-state index in [9.17, 15) is 29.7 Å². The number of rotatable bonds is 10. The van der Waals surface area contributed by atoms with Crippen LogP contribution in [0.15, 0.2) is 0 Å². The minimum absolute atomic E-state index is 0.00759. The third-order valence-electron chi connectivity index (χ3n) is 9.82. The first-order valence-electron chi connectivity index (χ1n) is 15.8. The Morgan fingerprint density at radius 2 is 0.711 bits per heavy atom. The molecule has 240 valence electrons. The third-order valence-corrected chi connectivity index (χ3v) is 9.82. The van der Waals surface area contributed by atoms with E-state index in [-0.39, 0.29) is 19.3 Å². The Kier molecular flexibility index (Phi) is 9.13. The molecule has 5 heterocycles. The van der Waals surface area contributed by atoms with Crippen LogP contribution in [-0.2, 0) is 65.8 Å². The highest BCUT2D eigenvalue weighted by Crippen LogP contribution is 2.33. The van der Waals surface area contributed by atoms with Gasteiger partial charge in [0.15, 0.2) is 0 Å². The summed E-state index contributed by atoms with van der Waals surface area (Å²) in [6.45, 7) is 10.4. The topological polar surface area (TPSA) is 175 Å². The zero-order valence-electron chi connectivity index (χ0n) is 26.8. The standard InChI is InChI=1S/C35H44N4O6/c1-6-21-17(2)25-13-26-18(3)22(7-10-33(40)41)30(37-26)14-27-19(4)23(8-11-34(42)43)31(38-27)15-28-20(5)24(9-12-35(44)45)32(39-28)16-29(21)36-25/h36-39H,6-16H2,1-5H3,(H,40,41)(H,42,43)(H,44,45). The van der Waals surface area contributed by atoms with Gasteiger partial charge in [0.2, 0.25) is 0 Å². The number of H-pyrrole nitrogens is 4. The molecule has 0 atom stereocenters. The highest BCUT2D eigenvalue weighted by atomic mass is 16.4. The van der Waals surface area contributed by atoms with Crippen LogP contribution in [0, 0.1) is 27.7 Å². The van der Waals surface area contributed by atoms with Gasteiger partial charge in [0.1, 0.15) is 0 Å². The van der Waals surface area contributed by atoms with Crippen molar-refractivity contribution in [2.75, 3.05) is 0 Å². The molecule has 0 spiro atoms. The van der Waals surface area contributed by atoms with Crippen molar-refractivity contribution in [3.8, 4) is 0 Å². The summed E-state index contributed by atoms with van der Waals surface area (Å²) in [5, 5.41) is 28.5. The molecule has 5 rings (SSSR count). The fraction of sp³-hybridized carbons (Fsp3) is 0.457. The predicted octanol–water partition coefficient (Wildman–Crippen LogP) is 5.52. The van der Waals surface area contributed by atoms with Gasteiger partial charge in [0.25, 0.3) is 0 Å². The molecule has 10 nitrogen and oxygen atoms in total. The maximum Gasteiger partial charge on any atom is 0.303 e. The van der Waals surface area contributed by atoms with Crippen molar-refractivity contribution >= 4 is 17.9 Å². The number of aromatic amines is 4. The van der Waals surface area contributed by atoms with Gasteiger partial charge in [-0.05, 0) is 97.9 Å². The SMILES string of the molecule is CCc1c2[nH]c(c1C)Cc1[nH]c(c(CCC(=O)O)c1C)Cc1[nH]c(c(CCC(=O)O)c1C)Cc1[nH]c(c(CCC(=O)O)c1C)C2. The Hall–Kier alpha value is -4.47. The molecule has 0 fully saturated rings. The van der Waals surface area contributed by atoms with Gasteiger partial charge in [-0.15, -0.1) is 0 Å². The molecule has 1 aliphatic rings. The van der Waals surface area contributed by atoms with Crippen LogP contribution < -0.4 is 0 Å². The van der Waals surface area contributed by atoms with Crippen LogP contribution in [0.5, 0.6) is 0 Å². The van der Waals surface area contributed by atoms with Gasteiger partial charge in [0.05, 0.1) is 0 Å². The van der Waals surface area contributed by atoms with Crippen molar-refractivity contribution in [3.05, 3.63) is 90.1 Å². The lowest BCUT2D eigenvalue weighted by Gasteiger charge is -2.06. The lowest BCUT2D eigenvalue weighted by molar-refractivity contribution is -0.138. The van der Waals surface area contributed by atoms with E-state index in [1.807, 2.05) is 13.8 Å². The molecule has 10 heteroatoms. The Morgan fingerprint density at radius 3 is 1.00 bits per heavy atom. The van der Waals surface area contributed by atoms with Gasteiger partial charge in [-0.2, -0.15) is 0 Å². The number of nitrogens with one attached hydrogen (secondary N) is 4. The van der Waals surface area contributed by atoms with E-state index >= 15 is 0 Å². The van der Waals surface area contributed by atoms with Crippen molar-refractivity contribution in [2.45, 2.75) is 105 Å². The fourth-order valence-electron chi connectivity index (χ4n) is 7.25. The average Bonchev–Trinajstić information content (AvgIpc) is 3.63. The molecule has 0 saturated carbocycles. The Morgan fingerprint density at radius 1 is 0.467 bits per heavy atom. The second kappa shape index (κ2) is 12.9. The highest BCUT2D eigenvalue weighted by molar-refractivity contribution is 5.68. The number of fused-ring (bicyclic) bond motifs is 8. The number of carbonyl (C=O) groups is 3. The van der Waals surface area contributed by atoms with Crippen molar-refractivity contribution in [3.63, 3.8) is 0 Å². The molecule has 0 amide bonds. The molecule has 1 aliphatic heterocycles. The molecule has 45 heavy (non-hydrogen) atoms. The number of aromatic nitrogens is 4. The summed E-state index contributed by atoms with van der Waals surface area (Å²) in [5.41, 5.74) is 16.8. The lowest BCUT2D eigenvalue weighted by atomic mass is 9.97. The van der Waals surface area contributed by atoms with Gasteiger partial charge in [-0.1, -0.05) is 6.92 Å². The van der Waals surface area contributed by atoms with Crippen LogP contribution in [0.4, 0.5) is 0 Å². The van der Waals surface area contributed by atoms with Crippen molar-refractivity contribution in [2.24, 2.45) is 0 Å². The Balaban J connectivity index is 1.71. The number of hydrogen-bond donors (Lipinski definition) is 7. The van der Waals surface area contributed by atoms with E-state index in [1.165, 1.54) is 11.1 Å². The minimum atomic E-state index is -0.858. The lowest BCUT2D eigenvalue weighted by Crippen LogP contribution is -2.02. The average molecular weight is 617 g/mol. The van der Waals surface area contributed by atoms with E-state index in [4.69, 9.17) is 0 Å². The molecule has 0 aromatic carbocycles. The van der Waals surface area contributed by atoms with Crippen LogP contribution in [0.25, 0.3) is 0 Å². The van der Waals surface area contributed by atoms with Crippen molar-refractivity contribution in [1.29, 1.82) is 0 Å². The summed E-state index contributed by atoms with van der Waals surface area (Å²) in [4.78, 5) is 49.5. The van der Waals surface area contributed by atoms with E-state index in [0.717, 1.165) is 85.4 Å². The molecule has 0 unspecified atom stereocenters. The monoisotopic (exact) mass is 616 g/mol. The van der Waals surface area contributed by atoms with E-state index in [2.05, 4.69) is 40.7 Å². The minimum Gasteiger partial charge on any atom is -0.481 e. The van der Waals surface area contributed by atoms with Gasteiger partial charge in [-0.25, -0.2) is 0 Å². The molecule has 8 bridgehead atoms. The Labute approximate surface area is 262 Å². The first kappa shape index (κ1) is 31.9. The van der Waals surface area contributed by atoms with Gasteiger partial charge in [-0.3, -0.25) is 14.4 Å². The molecule has 0 radical (unpaired) electrons. The van der Waals surface area contributed by atoms with Crippen LogP contribution in [-0.4, -0.2) is 53.2 Å². The normalized spacial score (nSPS) is 12.9. The summed E-state index contributed by atoms with van der Waals surface area (Å²) < 4.78 is 0.